The molecule has 0 saturated heterocycles. The number of alkyl carbamates (subject to hydrolysis) is 1. The molecule has 204 valence electrons. The van der Waals surface area contributed by atoms with Gasteiger partial charge in [0.05, 0.1) is 0 Å². The highest BCUT2D eigenvalue weighted by Crippen LogP contribution is 2.32. The van der Waals surface area contributed by atoms with Crippen molar-refractivity contribution in [3.63, 3.8) is 0 Å². The molecule has 2 aromatic rings. The molecular formula is C30H39N3O4S. The Morgan fingerprint density at radius 2 is 1.55 bits per heavy atom. The third-order valence-electron chi connectivity index (χ3n) is 5.76. The monoisotopic (exact) mass is 537 g/mol. The van der Waals surface area contributed by atoms with Gasteiger partial charge in [0.2, 0.25) is 5.91 Å². The van der Waals surface area contributed by atoms with E-state index in [1.807, 2.05) is 52.8 Å². The van der Waals surface area contributed by atoms with E-state index in [9.17, 15) is 14.4 Å². The summed E-state index contributed by atoms with van der Waals surface area (Å²) in [6, 6.07) is 10.6. The lowest BCUT2D eigenvalue weighted by molar-refractivity contribution is -0.146. The van der Waals surface area contributed by atoms with Crippen LogP contribution in [0.5, 0.6) is 0 Å². The van der Waals surface area contributed by atoms with E-state index in [1.165, 1.54) is 4.90 Å². The number of hydrogen-bond donors (Lipinski definition) is 3. The Hall–Kier alpha value is -3.44. The third kappa shape index (κ3) is 8.03. The topological polar surface area (TPSA) is 87.7 Å². The number of para-hydroxylation sites is 1. The summed E-state index contributed by atoms with van der Waals surface area (Å²) in [5.41, 5.74) is 2.14. The fourth-order valence-corrected chi connectivity index (χ4v) is 4.28. The Morgan fingerprint density at radius 1 is 1.00 bits per heavy atom. The number of aryl methyl sites for hydroxylation is 2. The van der Waals surface area contributed by atoms with Crippen molar-refractivity contribution in [1.82, 2.24) is 10.2 Å². The van der Waals surface area contributed by atoms with E-state index in [1.54, 1.807) is 45.0 Å². The van der Waals surface area contributed by atoms with Crippen LogP contribution in [0.2, 0.25) is 0 Å². The van der Waals surface area contributed by atoms with Gasteiger partial charge in [0, 0.05) is 22.5 Å². The minimum absolute atomic E-state index is 0.00588. The second kappa shape index (κ2) is 12.4. The molecule has 0 fully saturated rings. The van der Waals surface area contributed by atoms with Gasteiger partial charge in [-0.05, 0) is 84.2 Å². The van der Waals surface area contributed by atoms with Crippen LogP contribution in [0, 0.1) is 26.2 Å². The number of ether oxygens (including phenoxy) is 1. The normalized spacial score (nSPS) is 13.1. The van der Waals surface area contributed by atoms with Gasteiger partial charge in [0.25, 0.3) is 5.91 Å². The molecule has 0 bridgehead atoms. The Bertz CT molecular complexity index is 1180. The van der Waals surface area contributed by atoms with E-state index in [4.69, 9.17) is 11.2 Å². The van der Waals surface area contributed by atoms with E-state index in [2.05, 4.69) is 29.2 Å². The number of carbonyl (C=O) groups is 3. The first-order valence-electron chi connectivity index (χ1n) is 12.5. The minimum atomic E-state index is -1.03. The van der Waals surface area contributed by atoms with E-state index >= 15 is 0 Å². The molecule has 2 aromatic carbocycles. The van der Waals surface area contributed by atoms with Crippen molar-refractivity contribution in [1.29, 1.82) is 0 Å². The zero-order valence-electron chi connectivity index (χ0n) is 23.5. The number of terminal acetylenes is 1. The molecule has 38 heavy (non-hydrogen) atoms. The highest BCUT2D eigenvalue weighted by molar-refractivity contribution is 7.80. The second-order valence-corrected chi connectivity index (χ2v) is 11.6. The summed E-state index contributed by atoms with van der Waals surface area (Å²) in [7, 11) is 0. The van der Waals surface area contributed by atoms with Crippen LogP contribution in [0.1, 0.15) is 69.8 Å². The molecular weight excluding hydrogens is 498 g/mol. The smallest absolute Gasteiger partial charge is 0.408 e. The number of carbonyl (C=O) groups excluding carboxylic acids is 3. The molecule has 0 radical (unpaired) electrons. The van der Waals surface area contributed by atoms with E-state index in [-0.39, 0.29) is 5.75 Å². The highest BCUT2D eigenvalue weighted by atomic mass is 32.1. The van der Waals surface area contributed by atoms with E-state index in [0.717, 1.165) is 11.1 Å². The molecule has 0 aromatic heterocycles. The molecule has 2 atom stereocenters. The predicted molar refractivity (Wildman–Crippen MR) is 155 cm³/mol. The van der Waals surface area contributed by atoms with Crippen molar-refractivity contribution in [2.45, 2.75) is 78.6 Å². The molecule has 7 nitrogen and oxygen atoms in total. The van der Waals surface area contributed by atoms with Crippen molar-refractivity contribution in [2.24, 2.45) is 0 Å². The SMILES string of the molecule is C#Cc1ccc(C(C(=O)Nc2c(C)cccc2C)N(C(=O)C(CS)NC(=O)OC(C)(C)C)C(C)(C)C)cc1. The van der Waals surface area contributed by atoms with Crippen LogP contribution in [0.25, 0.3) is 0 Å². The Labute approximate surface area is 232 Å². The van der Waals surface area contributed by atoms with Gasteiger partial charge in [-0.1, -0.05) is 36.3 Å². The molecule has 3 amide bonds. The largest absolute Gasteiger partial charge is 0.444 e. The van der Waals surface area contributed by atoms with Crippen LogP contribution >= 0.6 is 12.6 Å². The van der Waals surface area contributed by atoms with Crippen LogP contribution in [-0.2, 0) is 14.3 Å². The van der Waals surface area contributed by atoms with Crippen molar-refractivity contribution >= 4 is 36.2 Å². The standard InChI is InChI=1S/C30H39N3O4S/c1-10-21-14-16-22(17-15-21)25(26(34)32-24-19(2)12-11-13-20(24)3)33(29(4,5)6)27(35)23(18-38)31-28(36)37-30(7,8)9/h1,11-17,23,25,38H,18H2,2-9H3,(H,31,36)(H,32,34). The minimum Gasteiger partial charge on any atom is -0.444 e. The molecule has 0 spiro atoms. The first kappa shape index (κ1) is 30.8. The number of nitrogens with zero attached hydrogens (tertiary/aromatic N) is 1. The molecule has 0 aliphatic heterocycles. The van der Waals surface area contributed by atoms with Crippen molar-refractivity contribution < 1.29 is 19.1 Å². The average Bonchev–Trinajstić information content (AvgIpc) is 2.81. The summed E-state index contributed by atoms with van der Waals surface area (Å²) in [5.74, 6) is 1.71. The summed E-state index contributed by atoms with van der Waals surface area (Å²) in [5, 5.41) is 5.66. The third-order valence-corrected chi connectivity index (χ3v) is 6.13. The fourth-order valence-electron chi connectivity index (χ4n) is 4.03. The molecule has 8 heteroatoms. The number of anilines is 1. The number of rotatable bonds is 7. The van der Waals surface area contributed by atoms with Crippen LogP contribution < -0.4 is 10.6 Å². The Morgan fingerprint density at radius 3 is 2.00 bits per heavy atom. The van der Waals surface area contributed by atoms with Gasteiger partial charge in [-0.2, -0.15) is 12.6 Å². The van der Waals surface area contributed by atoms with Gasteiger partial charge < -0.3 is 20.3 Å². The number of benzene rings is 2. The highest BCUT2D eigenvalue weighted by Gasteiger charge is 2.41. The number of thiol groups is 1. The molecule has 0 heterocycles. The van der Waals surface area contributed by atoms with E-state index < -0.39 is 41.1 Å². The first-order valence-corrected chi connectivity index (χ1v) is 13.1. The molecule has 2 N–H and O–H groups in total. The maximum atomic E-state index is 14.0. The lowest BCUT2D eigenvalue weighted by atomic mass is 9.94. The van der Waals surface area contributed by atoms with Gasteiger partial charge in [-0.25, -0.2) is 4.79 Å². The van der Waals surface area contributed by atoms with Crippen LogP contribution in [-0.4, -0.2) is 45.7 Å². The van der Waals surface area contributed by atoms with Crippen LogP contribution in [0.4, 0.5) is 10.5 Å². The number of amides is 3. The second-order valence-electron chi connectivity index (χ2n) is 11.2. The van der Waals surface area contributed by atoms with Gasteiger partial charge in [-0.15, -0.1) is 6.42 Å². The number of hydrogen-bond acceptors (Lipinski definition) is 5. The van der Waals surface area contributed by atoms with Gasteiger partial charge in [-0.3, -0.25) is 9.59 Å². The zero-order chi connectivity index (χ0) is 28.8. The van der Waals surface area contributed by atoms with Crippen molar-refractivity contribution in [3.8, 4) is 12.3 Å². The average molecular weight is 538 g/mol. The maximum Gasteiger partial charge on any atom is 0.408 e. The van der Waals surface area contributed by atoms with Crippen molar-refractivity contribution in [3.05, 3.63) is 64.7 Å². The first-order chi connectivity index (χ1) is 17.6. The lowest BCUT2D eigenvalue weighted by Crippen LogP contribution is -2.58. The summed E-state index contributed by atoms with van der Waals surface area (Å²) >= 11 is 4.33. The van der Waals surface area contributed by atoms with Gasteiger partial charge >= 0.3 is 6.09 Å². The summed E-state index contributed by atoms with van der Waals surface area (Å²) < 4.78 is 5.36. The Kier molecular flexibility index (Phi) is 10.0. The zero-order valence-corrected chi connectivity index (χ0v) is 24.4. The van der Waals surface area contributed by atoms with Gasteiger partial charge in [0.15, 0.2) is 0 Å². The van der Waals surface area contributed by atoms with E-state index in [0.29, 0.717) is 16.8 Å². The number of nitrogens with one attached hydrogen (secondary N) is 2. The molecule has 0 aliphatic carbocycles. The summed E-state index contributed by atoms with van der Waals surface area (Å²) in [6.45, 7) is 14.5. The van der Waals surface area contributed by atoms with Crippen LogP contribution in [0.3, 0.4) is 0 Å². The molecule has 2 unspecified atom stereocenters. The maximum absolute atomic E-state index is 14.0. The molecule has 0 saturated carbocycles. The van der Waals surface area contributed by atoms with Gasteiger partial charge in [0.1, 0.15) is 17.7 Å². The van der Waals surface area contributed by atoms with Crippen molar-refractivity contribution in [2.75, 3.05) is 11.1 Å². The summed E-state index contributed by atoms with van der Waals surface area (Å²) in [6.07, 6.45) is 4.80. The molecule has 2 rings (SSSR count). The predicted octanol–water partition coefficient (Wildman–Crippen LogP) is 5.41. The molecule has 0 aliphatic rings. The quantitative estimate of drug-likeness (QED) is 0.325. The Balaban J connectivity index is 2.59. The lowest BCUT2D eigenvalue weighted by Gasteiger charge is -2.43. The fraction of sp³-hybridized carbons (Fsp3) is 0.433. The van der Waals surface area contributed by atoms with Crippen LogP contribution in [0.15, 0.2) is 42.5 Å². The summed E-state index contributed by atoms with van der Waals surface area (Å²) in [4.78, 5) is 42.1.